The molecule has 0 bridgehead atoms. The third-order valence-corrected chi connectivity index (χ3v) is 2.10. The van der Waals surface area contributed by atoms with Crippen molar-refractivity contribution in [2.45, 2.75) is 0 Å². The number of aromatic nitrogens is 1. The van der Waals surface area contributed by atoms with E-state index < -0.39 is 7.12 Å². The van der Waals surface area contributed by atoms with Crippen LogP contribution in [-0.2, 0) is 0 Å². The summed E-state index contributed by atoms with van der Waals surface area (Å²) in [7, 11) is -1.50. The van der Waals surface area contributed by atoms with Crippen LogP contribution in [0.3, 0.4) is 0 Å². The molecular weight excluding hydrogens is 181 g/mol. The normalized spacial score (nSPS) is 10.4. The Bertz CT molecular complexity index is 521. The molecule has 0 saturated heterocycles. The van der Waals surface area contributed by atoms with Crippen molar-refractivity contribution in [3.05, 3.63) is 40.8 Å². The molecule has 0 aliphatic heterocycles. The number of aromatic amines is 1. The van der Waals surface area contributed by atoms with Crippen LogP contribution in [0.5, 0.6) is 0 Å². The number of H-pyrrole nitrogens is 1. The molecule has 0 aliphatic rings. The van der Waals surface area contributed by atoms with Crippen LogP contribution in [0.25, 0.3) is 10.8 Å². The van der Waals surface area contributed by atoms with E-state index in [0.717, 1.165) is 0 Å². The minimum Gasteiger partial charge on any atom is -0.423 e. The van der Waals surface area contributed by atoms with E-state index in [1.807, 2.05) is 0 Å². The fourth-order valence-electron chi connectivity index (χ4n) is 1.37. The molecular formula is C9H8BNO3. The Balaban J connectivity index is 2.74. The van der Waals surface area contributed by atoms with E-state index in [1.165, 1.54) is 12.3 Å². The predicted octanol–water partition coefficient (Wildman–Crippen LogP) is -0.792. The SMILES string of the molecule is O=c1[nH]ccc2cc(B(O)O)ccc12. The average Bonchev–Trinajstić information content (AvgIpc) is 2.17. The fourth-order valence-corrected chi connectivity index (χ4v) is 1.37. The lowest BCUT2D eigenvalue weighted by Gasteiger charge is -2.00. The number of fused-ring (bicyclic) bond motifs is 1. The number of benzene rings is 1. The van der Waals surface area contributed by atoms with Crippen LogP contribution in [0.15, 0.2) is 35.3 Å². The molecule has 0 atom stereocenters. The highest BCUT2D eigenvalue weighted by atomic mass is 16.4. The molecule has 4 nitrogen and oxygen atoms in total. The molecule has 1 heterocycles. The zero-order valence-electron chi connectivity index (χ0n) is 7.27. The minimum absolute atomic E-state index is 0.179. The monoisotopic (exact) mass is 189 g/mol. The van der Waals surface area contributed by atoms with Gasteiger partial charge >= 0.3 is 7.12 Å². The Hall–Kier alpha value is -1.59. The Kier molecular flexibility index (Phi) is 2.11. The number of hydrogen-bond donors (Lipinski definition) is 3. The van der Waals surface area contributed by atoms with E-state index in [0.29, 0.717) is 16.2 Å². The highest BCUT2D eigenvalue weighted by Gasteiger charge is 2.11. The Morgan fingerprint density at radius 3 is 2.71 bits per heavy atom. The standard InChI is InChI=1S/C9H8BNO3/c12-9-8-2-1-7(10(13)14)5-6(8)3-4-11-9/h1-5,13-14H,(H,11,12). The summed E-state index contributed by atoms with van der Waals surface area (Å²) in [5, 5.41) is 19.1. The summed E-state index contributed by atoms with van der Waals surface area (Å²) in [6, 6.07) is 6.38. The van der Waals surface area contributed by atoms with E-state index in [2.05, 4.69) is 4.98 Å². The minimum atomic E-state index is -1.50. The molecule has 0 radical (unpaired) electrons. The maximum Gasteiger partial charge on any atom is 0.488 e. The third-order valence-electron chi connectivity index (χ3n) is 2.10. The van der Waals surface area contributed by atoms with E-state index >= 15 is 0 Å². The van der Waals surface area contributed by atoms with Gasteiger partial charge in [0.2, 0.25) is 0 Å². The number of hydrogen-bond acceptors (Lipinski definition) is 3. The van der Waals surface area contributed by atoms with Crippen molar-refractivity contribution in [2.24, 2.45) is 0 Å². The summed E-state index contributed by atoms with van der Waals surface area (Å²) in [6.45, 7) is 0. The Morgan fingerprint density at radius 1 is 1.21 bits per heavy atom. The van der Waals surface area contributed by atoms with Gasteiger partial charge in [-0.2, -0.15) is 0 Å². The van der Waals surface area contributed by atoms with Crippen LogP contribution in [-0.4, -0.2) is 22.2 Å². The molecule has 0 saturated carbocycles. The molecule has 0 unspecified atom stereocenters. The van der Waals surface area contributed by atoms with Gasteiger partial charge in [-0.1, -0.05) is 12.1 Å². The highest BCUT2D eigenvalue weighted by Crippen LogP contribution is 2.05. The van der Waals surface area contributed by atoms with Gasteiger partial charge in [0, 0.05) is 11.6 Å². The van der Waals surface area contributed by atoms with Crippen molar-refractivity contribution in [1.82, 2.24) is 4.98 Å². The first kappa shape index (κ1) is 8.99. The lowest BCUT2D eigenvalue weighted by atomic mass is 9.79. The fraction of sp³-hybridized carbons (Fsp3) is 0. The van der Waals surface area contributed by atoms with Gasteiger partial charge in [-0.05, 0) is 23.0 Å². The van der Waals surface area contributed by atoms with Crippen molar-refractivity contribution in [3.8, 4) is 0 Å². The predicted molar refractivity (Wildman–Crippen MR) is 54.4 cm³/mol. The van der Waals surface area contributed by atoms with Crippen molar-refractivity contribution in [1.29, 1.82) is 0 Å². The van der Waals surface area contributed by atoms with E-state index in [-0.39, 0.29) is 5.56 Å². The van der Waals surface area contributed by atoms with Gasteiger partial charge in [0.25, 0.3) is 5.56 Å². The van der Waals surface area contributed by atoms with E-state index in [9.17, 15) is 4.79 Å². The zero-order valence-corrected chi connectivity index (χ0v) is 7.27. The molecule has 0 amide bonds. The number of pyridine rings is 1. The van der Waals surface area contributed by atoms with Crippen molar-refractivity contribution < 1.29 is 10.0 Å². The van der Waals surface area contributed by atoms with Crippen LogP contribution in [0.2, 0.25) is 0 Å². The van der Waals surface area contributed by atoms with Crippen LogP contribution in [0, 0.1) is 0 Å². The average molecular weight is 189 g/mol. The van der Waals surface area contributed by atoms with Crippen LogP contribution >= 0.6 is 0 Å². The first-order valence-corrected chi connectivity index (χ1v) is 4.16. The topological polar surface area (TPSA) is 73.3 Å². The lowest BCUT2D eigenvalue weighted by Crippen LogP contribution is -2.29. The summed E-state index contributed by atoms with van der Waals surface area (Å²) in [4.78, 5) is 13.8. The van der Waals surface area contributed by atoms with Gasteiger partial charge in [0.1, 0.15) is 0 Å². The number of rotatable bonds is 1. The van der Waals surface area contributed by atoms with Crippen molar-refractivity contribution in [2.75, 3.05) is 0 Å². The quantitative estimate of drug-likeness (QED) is 0.514. The molecule has 70 valence electrons. The van der Waals surface area contributed by atoms with Gasteiger partial charge in [-0.15, -0.1) is 0 Å². The third kappa shape index (κ3) is 1.43. The summed E-state index contributed by atoms with van der Waals surface area (Å²) in [5.41, 5.74) is 0.199. The largest absolute Gasteiger partial charge is 0.488 e. The first-order chi connectivity index (χ1) is 6.68. The van der Waals surface area contributed by atoms with Gasteiger partial charge in [-0.3, -0.25) is 4.79 Å². The molecule has 2 rings (SSSR count). The summed E-state index contributed by atoms with van der Waals surface area (Å²) >= 11 is 0. The molecule has 14 heavy (non-hydrogen) atoms. The molecule has 0 fully saturated rings. The van der Waals surface area contributed by atoms with Crippen molar-refractivity contribution >= 4 is 23.4 Å². The second-order valence-corrected chi connectivity index (χ2v) is 3.03. The van der Waals surface area contributed by atoms with Gasteiger partial charge in [0.05, 0.1) is 0 Å². The first-order valence-electron chi connectivity index (χ1n) is 4.16. The highest BCUT2D eigenvalue weighted by molar-refractivity contribution is 6.58. The Morgan fingerprint density at radius 2 is 2.00 bits per heavy atom. The van der Waals surface area contributed by atoms with Crippen LogP contribution in [0.4, 0.5) is 0 Å². The molecule has 1 aromatic carbocycles. The van der Waals surface area contributed by atoms with Crippen LogP contribution in [0.1, 0.15) is 0 Å². The van der Waals surface area contributed by atoms with E-state index in [4.69, 9.17) is 10.0 Å². The van der Waals surface area contributed by atoms with Crippen LogP contribution < -0.4 is 11.0 Å². The maximum absolute atomic E-state index is 11.3. The second kappa shape index (κ2) is 3.28. The molecule has 0 spiro atoms. The molecule has 5 heteroatoms. The lowest BCUT2D eigenvalue weighted by molar-refractivity contribution is 0.426. The summed E-state index contributed by atoms with van der Waals surface area (Å²) in [6.07, 6.45) is 1.53. The molecule has 2 aromatic rings. The Labute approximate surface area is 80.0 Å². The smallest absolute Gasteiger partial charge is 0.423 e. The van der Waals surface area contributed by atoms with Gasteiger partial charge < -0.3 is 15.0 Å². The van der Waals surface area contributed by atoms with Gasteiger partial charge in [-0.25, -0.2) is 0 Å². The second-order valence-electron chi connectivity index (χ2n) is 3.03. The number of nitrogens with one attached hydrogen (secondary N) is 1. The zero-order chi connectivity index (χ0) is 10.1. The molecule has 1 aromatic heterocycles. The summed E-state index contributed by atoms with van der Waals surface area (Å²) in [5.74, 6) is 0. The van der Waals surface area contributed by atoms with E-state index in [1.54, 1.807) is 18.2 Å². The molecule has 0 aliphatic carbocycles. The van der Waals surface area contributed by atoms with Crippen molar-refractivity contribution in [3.63, 3.8) is 0 Å². The maximum atomic E-state index is 11.3. The summed E-state index contributed by atoms with van der Waals surface area (Å²) < 4.78 is 0. The molecule has 3 N–H and O–H groups in total. The van der Waals surface area contributed by atoms with Gasteiger partial charge in [0.15, 0.2) is 0 Å².